The van der Waals surface area contributed by atoms with E-state index in [0.29, 0.717) is 0 Å². The van der Waals surface area contributed by atoms with Crippen LogP contribution in [0.25, 0.3) is 0 Å². The Morgan fingerprint density at radius 3 is 2.58 bits per heavy atom. The van der Waals surface area contributed by atoms with Crippen molar-refractivity contribution in [3.63, 3.8) is 0 Å². The molecule has 106 valence electrons. The van der Waals surface area contributed by atoms with E-state index in [-0.39, 0.29) is 16.6 Å². The average molecular weight is 287 g/mol. The molecule has 1 aromatic heterocycles. The van der Waals surface area contributed by atoms with Gasteiger partial charge in [0.15, 0.2) is 5.69 Å². The molecule has 0 aliphatic heterocycles. The summed E-state index contributed by atoms with van der Waals surface area (Å²) in [7, 11) is -3.85. The van der Waals surface area contributed by atoms with Crippen LogP contribution in [0.5, 0.6) is 0 Å². The highest BCUT2D eigenvalue weighted by Crippen LogP contribution is 2.22. The van der Waals surface area contributed by atoms with Crippen molar-refractivity contribution in [1.82, 2.24) is 14.9 Å². The molecule has 1 saturated carbocycles. The van der Waals surface area contributed by atoms with E-state index in [0.717, 1.165) is 32.1 Å². The Labute approximate surface area is 111 Å². The molecule has 2 rings (SSSR count). The molecule has 3 N–H and O–H groups in total. The number of nitrogens with one attached hydrogen (secondary N) is 2. The third-order valence-corrected chi connectivity index (χ3v) is 4.97. The first-order valence-corrected chi connectivity index (χ1v) is 7.70. The predicted molar refractivity (Wildman–Crippen MR) is 67.5 cm³/mol. The fourth-order valence-electron chi connectivity index (χ4n) is 2.39. The molecular weight excluding hydrogens is 270 g/mol. The van der Waals surface area contributed by atoms with Crippen LogP contribution in [0.4, 0.5) is 0 Å². The van der Waals surface area contributed by atoms with Crippen LogP contribution in [-0.2, 0) is 10.0 Å². The van der Waals surface area contributed by atoms with Crippen molar-refractivity contribution >= 4 is 16.0 Å². The van der Waals surface area contributed by atoms with Gasteiger partial charge in [-0.15, -0.1) is 0 Å². The Balaban J connectivity index is 2.28. The van der Waals surface area contributed by atoms with Crippen molar-refractivity contribution in [1.29, 1.82) is 0 Å². The van der Waals surface area contributed by atoms with Crippen LogP contribution in [0.1, 0.15) is 48.3 Å². The minimum atomic E-state index is -3.85. The monoisotopic (exact) mass is 287 g/mol. The van der Waals surface area contributed by atoms with Gasteiger partial charge in [-0.3, -0.25) is 5.10 Å². The number of hydrogen-bond acceptors (Lipinski definition) is 4. The number of H-pyrrole nitrogens is 1. The SMILES string of the molecule is Cc1[nH]nc(C(=O)O)c1S(=O)(=O)NC1CCCCC1. The quantitative estimate of drug-likeness (QED) is 0.765. The standard InChI is InChI=1S/C11H17N3O4S/c1-7-10(9(11(15)16)13-12-7)19(17,18)14-8-5-3-2-4-6-8/h8,14H,2-6H2,1H3,(H,12,13)(H,15,16). The van der Waals surface area contributed by atoms with Gasteiger partial charge in [-0.1, -0.05) is 19.3 Å². The zero-order valence-electron chi connectivity index (χ0n) is 10.6. The van der Waals surface area contributed by atoms with Gasteiger partial charge < -0.3 is 5.11 Å². The summed E-state index contributed by atoms with van der Waals surface area (Å²) in [6, 6.07) is -0.116. The molecule has 0 bridgehead atoms. The van der Waals surface area contributed by atoms with E-state index in [9.17, 15) is 13.2 Å². The molecule has 1 heterocycles. The maximum absolute atomic E-state index is 12.3. The van der Waals surface area contributed by atoms with E-state index in [1.54, 1.807) is 0 Å². The first-order chi connectivity index (χ1) is 8.92. The fraction of sp³-hybridized carbons (Fsp3) is 0.636. The van der Waals surface area contributed by atoms with E-state index < -0.39 is 21.7 Å². The molecule has 0 spiro atoms. The van der Waals surface area contributed by atoms with Crippen LogP contribution < -0.4 is 4.72 Å². The maximum Gasteiger partial charge on any atom is 0.357 e. The highest BCUT2D eigenvalue weighted by atomic mass is 32.2. The summed E-state index contributed by atoms with van der Waals surface area (Å²) in [5.41, 5.74) is -0.221. The number of carboxylic acids is 1. The van der Waals surface area contributed by atoms with Crippen LogP contribution in [0, 0.1) is 6.92 Å². The first-order valence-electron chi connectivity index (χ1n) is 6.22. The summed E-state index contributed by atoms with van der Waals surface area (Å²) >= 11 is 0. The fourth-order valence-corrected chi connectivity index (χ4v) is 4.02. The molecule has 0 radical (unpaired) electrons. The summed E-state index contributed by atoms with van der Waals surface area (Å²) in [5, 5.41) is 14.9. The summed E-state index contributed by atoms with van der Waals surface area (Å²) < 4.78 is 27.1. The topological polar surface area (TPSA) is 112 Å². The number of aromatic carboxylic acids is 1. The lowest BCUT2D eigenvalue weighted by molar-refractivity contribution is 0.0686. The molecule has 7 nitrogen and oxygen atoms in total. The average Bonchev–Trinajstić information content (AvgIpc) is 2.73. The summed E-state index contributed by atoms with van der Waals surface area (Å²) in [6.45, 7) is 1.49. The lowest BCUT2D eigenvalue weighted by Gasteiger charge is -2.22. The van der Waals surface area contributed by atoms with Crippen molar-refractivity contribution in [2.45, 2.75) is 50.0 Å². The molecule has 8 heteroatoms. The number of sulfonamides is 1. The number of aromatic amines is 1. The molecule has 0 saturated heterocycles. The van der Waals surface area contributed by atoms with Gasteiger partial charge >= 0.3 is 5.97 Å². The molecule has 1 aliphatic rings. The van der Waals surface area contributed by atoms with Gasteiger partial charge in [-0.2, -0.15) is 5.10 Å². The number of aryl methyl sites for hydroxylation is 1. The first kappa shape index (κ1) is 14.0. The Kier molecular flexibility index (Phi) is 3.91. The van der Waals surface area contributed by atoms with Crippen LogP contribution in [0.2, 0.25) is 0 Å². The normalized spacial score (nSPS) is 17.5. The van der Waals surface area contributed by atoms with Gasteiger partial charge in [0.1, 0.15) is 4.90 Å². The zero-order chi connectivity index (χ0) is 14.0. The second-order valence-electron chi connectivity index (χ2n) is 4.79. The predicted octanol–water partition coefficient (Wildman–Crippen LogP) is 1.03. The molecule has 0 unspecified atom stereocenters. The van der Waals surface area contributed by atoms with Gasteiger partial charge in [0.05, 0.1) is 5.69 Å². The van der Waals surface area contributed by atoms with Gasteiger partial charge in [-0.05, 0) is 19.8 Å². The Bertz CT molecular complexity index is 573. The zero-order valence-corrected chi connectivity index (χ0v) is 11.5. The summed E-state index contributed by atoms with van der Waals surface area (Å²) in [4.78, 5) is 10.7. The maximum atomic E-state index is 12.3. The van der Waals surface area contributed by atoms with Crippen molar-refractivity contribution in [2.75, 3.05) is 0 Å². The van der Waals surface area contributed by atoms with Crippen molar-refractivity contribution in [3.8, 4) is 0 Å². The van der Waals surface area contributed by atoms with Gasteiger partial charge in [0, 0.05) is 6.04 Å². The number of carbonyl (C=O) groups is 1. The second kappa shape index (κ2) is 5.30. The van der Waals surface area contributed by atoms with E-state index >= 15 is 0 Å². The van der Waals surface area contributed by atoms with Gasteiger partial charge in [0.25, 0.3) is 0 Å². The second-order valence-corrected chi connectivity index (χ2v) is 6.44. The Hall–Kier alpha value is -1.41. The molecule has 1 aliphatic carbocycles. The molecule has 19 heavy (non-hydrogen) atoms. The summed E-state index contributed by atoms with van der Waals surface area (Å²) in [5.74, 6) is -1.35. The van der Waals surface area contributed by atoms with E-state index in [4.69, 9.17) is 5.11 Å². The number of aromatic nitrogens is 2. The number of hydrogen-bond donors (Lipinski definition) is 3. The third-order valence-electron chi connectivity index (χ3n) is 3.29. The molecule has 0 atom stereocenters. The number of rotatable bonds is 4. The number of nitrogens with zero attached hydrogens (tertiary/aromatic N) is 1. The van der Waals surface area contributed by atoms with Crippen molar-refractivity contribution < 1.29 is 18.3 Å². The molecule has 1 aromatic rings. The lowest BCUT2D eigenvalue weighted by Crippen LogP contribution is -2.36. The Morgan fingerprint density at radius 1 is 1.37 bits per heavy atom. The largest absolute Gasteiger partial charge is 0.476 e. The van der Waals surface area contributed by atoms with Crippen LogP contribution in [-0.4, -0.2) is 35.7 Å². The lowest BCUT2D eigenvalue weighted by atomic mass is 9.96. The van der Waals surface area contributed by atoms with Crippen molar-refractivity contribution in [3.05, 3.63) is 11.4 Å². The van der Waals surface area contributed by atoms with Gasteiger partial charge in [-0.25, -0.2) is 17.9 Å². The van der Waals surface area contributed by atoms with E-state index in [1.165, 1.54) is 6.92 Å². The van der Waals surface area contributed by atoms with Crippen molar-refractivity contribution in [2.24, 2.45) is 0 Å². The minimum Gasteiger partial charge on any atom is -0.476 e. The minimum absolute atomic E-state index is 0.116. The van der Waals surface area contributed by atoms with E-state index in [2.05, 4.69) is 14.9 Å². The highest BCUT2D eigenvalue weighted by molar-refractivity contribution is 7.89. The van der Waals surface area contributed by atoms with E-state index in [1.807, 2.05) is 0 Å². The number of carboxylic acid groups (broad SMARTS) is 1. The third kappa shape index (κ3) is 2.95. The molecule has 0 amide bonds. The molecule has 1 fully saturated rings. The van der Waals surface area contributed by atoms with Crippen LogP contribution in [0.3, 0.4) is 0 Å². The molecule has 0 aromatic carbocycles. The van der Waals surface area contributed by atoms with Crippen LogP contribution >= 0.6 is 0 Å². The summed E-state index contributed by atoms with van der Waals surface area (Å²) in [6.07, 6.45) is 4.67. The van der Waals surface area contributed by atoms with Crippen LogP contribution in [0.15, 0.2) is 4.90 Å². The molecular formula is C11H17N3O4S. The van der Waals surface area contributed by atoms with Gasteiger partial charge in [0.2, 0.25) is 10.0 Å². The Morgan fingerprint density at radius 2 is 2.00 bits per heavy atom. The smallest absolute Gasteiger partial charge is 0.357 e. The highest BCUT2D eigenvalue weighted by Gasteiger charge is 2.30.